The third kappa shape index (κ3) is 3.88. The summed E-state index contributed by atoms with van der Waals surface area (Å²) in [5, 5.41) is 0.549. The third-order valence-corrected chi connectivity index (χ3v) is 3.72. The van der Waals surface area contributed by atoms with Gasteiger partial charge in [0.25, 0.3) is 0 Å². The van der Waals surface area contributed by atoms with Crippen LogP contribution in [0, 0.1) is 0 Å². The van der Waals surface area contributed by atoms with Gasteiger partial charge in [-0.1, -0.05) is 23.7 Å². The Morgan fingerprint density at radius 1 is 1.12 bits per heavy atom. The van der Waals surface area contributed by atoms with Crippen molar-refractivity contribution in [1.82, 2.24) is 15.0 Å². The largest absolute Gasteiger partial charge is 0.455 e. The van der Waals surface area contributed by atoms with Crippen molar-refractivity contribution in [2.45, 2.75) is 26.4 Å². The lowest BCUT2D eigenvalue weighted by Crippen LogP contribution is -2.24. The molecule has 0 aliphatic heterocycles. The minimum atomic E-state index is -0.609. The molecule has 0 radical (unpaired) electrons. The molecule has 1 aromatic carbocycles. The second kappa shape index (κ2) is 6.69. The van der Waals surface area contributed by atoms with E-state index >= 15 is 0 Å². The first kappa shape index (κ1) is 17.2. The molecule has 0 saturated carbocycles. The van der Waals surface area contributed by atoms with E-state index < -0.39 is 11.6 Å². The number of carbonyl (C=O) groups is 1. The van der Waals surface area contributed by atoms with Crippen molar-refractivity contribution in [1.29, 1.82) is 0 Å². The summed E-state index contributed by atoms with van der Waals surface area (Å²) in [5.41, 5.74) is 1.67. The quantitative estimate of drug-likeness (QED) is 0.688. The number of imidazole rings is 1. The Hall–Kier alpha value is -2.66. The Bertz CT molecular complexity index is 899. The number of H-pyrrole nitrogens is 1. The van der Waals surface area contributed by atoms with Crippen LogP contribution in [0.1, 0.15) is 31.3 Å². The molecular formula is C19H18ClN3O2. The molecule has 0 spiro atoms. The van der Waals surface area contributed by atoms with E-state index in [2.05, 4.69) is 15.0 Å². The molecule has 0 unspecified atom stereocenters. The highest BCUT2D eigenvalue weighted by Gasteiger charge is 2.25. The summed E-state index contributed by atoms with van der Waals surface area (Å²) in [6, 6.07) is 10.9. The summed E-state index contributed by atoms with van der Waals surface area (Å²) >= 11 is 6.27. The first-order valence-electron chi connectivity index (χ1n) is 7.84. The molecule has 5 nitrogen and oxygen atoms in total. The molecule has 3 rings (SSSR count). The van der Waals surface area contributed by atoms with Gasteiger partial charge in [-0.3, -0.25) is 4.98 Å². The topological polar surface area (TPSA) is 67.9 Å². The number of ether oxygens (including phenoxy) is 1. The Balaban J connectivity index is 2.12. The van der Waals surface area contributed by atoms with E-state index in [1.807, 2.05) is 39.0 Å². The highest BCUT2D eigenvalue weighted by molar-refractivity contribution is 6.33. The van der Waals surface area contributed by atoms with Crippen LogP contribution in [-0.2, 0) is 4.74 Å². The lowest BCUT2D eigenvalue weighted by atomic mass is 10.1. The average molecular weight is 356 g/mol. The maximum Gasteiger partial charge on any atom is 0.357 e. The van der Waals surface area contributed by atoms with E-state index in [-0.39, 0.29) is 5.69 Å². The lowest BCUT2D eigenvalue weighted by Gasteiger charge is -2.19. The molecule has 2 heterocycles. The monoisotopic (exact) mass is 355 g/mol. The number of nitrogens with zero attached hydrogens (tertiary/aromatic N) is 2. The van der Waals surface area contributed by atoms with E-state index in [0.29, 0.717) is 22.1 Å². The molecule has 6 heteroatoms. The van der Waals surface area contributed by atoms with Crippen molar-refractivity contribution < 1.29 is 9.53 Å². The smallest absolute Gasteiger partial charge is 0.357 e. The average Bonchev–Trinajstić information content (AvgIpc) is 3.00. The fraction of sp³-hybridized carbons (Fsp3) is 0.211. The third-order valence-electron chi connectivity index (χ3n) is 3.39. The fourth-order valence-corrected chi connectivity index (χ4v) is 2.57. The van der Waals surface area contributed by atoms with Crippen molar-refractivity contribution >= 4 is 17.6 Å². The summed E-state index contributed by atoms with van der Waals surface area (Å²) < 4.78 is 5.51. The number of carbonyl (C=O) groups excluding carboxylic acids is 1. The molecule has 2 aromatic heterocycles. The standard InChI is InChI=1S/C19H18ClN3O2/c1-19(2,3)25-18(24)16-15(12-8-10-21-11-9-12)22-17(23-16)13-6-4-5-7-14(13)20/h4-11H,1-3H3,(H,22,23). The van der Waals surface area contributed by atoms with Gasteiger partial charge in [-0.15, -0.1) is 0 Å². The van der Waals surface area contributed by atoms with Gasteiger partial charge in [-0.05, 0) is 45.0 Å². The van der Waals surface area contributed by atoms with Crippen LogP contribution >= 0.6 is 11.6 Å². The number of pyridine rings is 1. The molecule has 0 bridgehead atoms. The lowest BCUT2D eigenvalue weighted by molar-refractivity contribution is 0.00645. The Morgan fingerprint density at radius 2 is 1.80 bits per heavy atom. The van der Waals surface area contributed by atoms with Crippen molar-refractivity contribution in [2.75, 3.05) is 0 Å². The van der Waals surface area contributed by atoms with Gasteiger partial charge in [0.1, 0.15) is 17.1 Å². The van der Waals surface area contributed by atoms with Crippen molar-refractivity contribution in [3.05, 3.63) is 59.5 Å². The normalized spacial score (nSPS) is 11.4. The minimum absolute atomic E-state index is 0.288. The SMILES string of the molecule is CC(C)(C)OC(=O)c1[nH]c(-c2ccccc2Cl)nc1-c1ccncc1. The highest BCUT2D eigenvalue weighted by Crippen LogP contribution is 2.30. The molecule has 0 aliphatic rings. The molecule has 1 N–H and O–H groups in total. The van der Waals surface area contributed by atoms with E-state index in [0.717, 1.165) is 5.56 Å². The van der Waals surface area contributed by atoms with Crippen LogP contribution in [0.15, 0.2) is 48.8 Å². The van der Waals surface area contributed by atoms with Gasteiger partial charge in [0.2, 0.25) is 0 Å². The van der Waals surface area contributed by atoms with Gasteiger partial charge in [0.05, 0.1) is 5.02 Å². The van der Waals surface area contributed by atoms with Crippen LogP contribution in [0.5, 0.6) is 0 Å². The van der Waals surface area contributed by atoms with Crippen LogP contribution in [0.4, 0.5) is 0 Å². The summed E-state index contributed by atoms with van der Waals surface area (Å²) in [6.07, 6.45) is 3.30. The predicted octanol–water partition coefficient (Wildman–Crippen LogP) is 4.75. The zero-order valence-electron chi connectivity index (χ0n) is 14.2. The molecule has 0 amide bonds. The van der Waals surface area contributed by atoms with E-state index in [1.54, 1.807) is 30.6 Å². The zero-order chi connectivity index (χ0) is 18.0. The minimum Gasteiger partial charge on any atom is -0.455 e. The number of aromatic nitrogens is 3. The molecular weight excluding hydrogens is 338 g/mol. The zero-order valence-corrected chi connectivity index (χ0v) is 15.0. The van der Waals surface area contributed by atoms with Crippen LogP contribution in [0.25, 0.3) is 22.6 Å². The van der Waals surface area contributed by atoms with Gasteiger partial charge in [0.15, 0.2) is 5.69 Å². The second-order valence-electron chi connectivity index (χ2n) is 6.53. The molecule has 3 aromatic rings. The number of halogens is 1. The number of aromatic amines is 1. The molecule has 0 saturated heterocycles. The number of nitrogens with one attached hydrogen (secondary N) is 1. The first-order valence-corrected chi connectivity index (χ1v) is 8.21. The van der Waals surface area contributed by atoms with Crippen molar-refractivity contribution in [3.63, 3.8) is 0 Å². The van der Waals surface area contributed by atoms with Crippen LogP contribution in [0.3, 0.4) is 0 Å². The number of rotatable bonds is 3. The van der Waals surface area contributed by atoms with Crippen LogP contribution in [0.2, 0.25) is 5.02 Å². The van der Waals surface area contributed by atoms with E-state index in [4.69, 9.17) is 16.3 Å². The summed E-state index contributed by atoms with van der Waals surface area (Å²) in [5.74, 6) is 0.0448. The maximum atomic E-state index is 12.6. The maximum absolute atomic E-state index is 12.6. The molecule has 0 atom stereocenters. The Morgan fingerprint density at radius 3 is 2.44 bits per heavy atom. The van der Waals surface area contributed by atoms with E-state index in [1.165, 1.54) is 0 Å². The van der Waals surface area contributed by atoms with Crippen LogP contribution in [-0.4, -0.2) is 26.5 Å². The van der Waals surface area contributed by atoms with Gasteiger partial charge >= 0.3 is 5.97 Å². The molecule has 25 heavy (non-hydrogen) atoms. The second-order valence-corrected chi connectivity index (χ2v) is 6.93. The van der Waals surface area contributed by atoms with Crippen molar-refractivity contribution in [3.8, 4) is 22.6 Å². The van der Waals surface area contributed by atoms with Gasteiger partial charge in [0, 0.05) is 23.5 Å². The molecule has 128 valence electrons. The Kier molecular flexibility index (Phi) is 4.59. The van der Waals surface area contributed by atoms with Gasteiger partial charge < -0.3 is 9.72 Å². The van der Waals surface area contributed by atoms with Gasteiger partial charge in [-0.25, -0.2) is 9.78 Å². The number of esters is 1. The number of hydrogen-bond donors (Lipinski definition) is 1. The van der Waals surface area contributed by atoms with E-state index in [9.17, 15) is 4.79 Å². The first-order chi connectivity index (χ1) is 11.8. The summed E-state index contributed by atoms with van der Waals surface area (Å²) in [4.78, 5) is 24.3. The van der Waals surface area contributed by atoms with Crippen LogP contribution < -0.4 is 0 Å². The fourth-order valence-electron chi connectivity index (χ4n) is 2.35. The summed E-state index contributed by atoms with van der Waals surface area (Å²) in [7, 11) is 0. The van der Waals surface area contributed by atoms with Gasteiger partial charge in [-0.2, -0.15) is 0 Å². The molecule has 0 fully saturated rings. The predicted molar refractivity (Wildman–Crippen MR) is 97.4 cm³/mol. The molecule has 0 aliphatic carbocycles. The highest BCUT2D eigenvalue weighted by atomic mass is 35.5. The Labute approximate surface area is 151 Å². The number of benzene rings is 1. The number of hydrogen-bond acceptors (Lipinski definition) is 4. The summed E-state index contributed by atoms with van der Waals surface area (Å²) in [6.45, 7) is 5.47. The van der Waals surface area contributed by atoms with Crippen molar-refractivity contribution in [2.24, 2.45) is 0 Å².